The van der Waals surface area contributed by atoms with Gasteiger partial charge < -0.3 is 20.9 Å². The zero-order valence-corrected chi connectivity index (χ0v) is 23.0. The van der Waals surface area contributed by atoms with Gasteiger partial charge in [0.1, 0.15) is 5.82 Å². The fourth-order valence-corrected chi connectivity index (χ4v) is 5.34. The molecule has 1 aliphatic carbocycles. The van der Waals surface area contributed by atoms with Crippen molar-refractivity contribution >= 4 is 28.6 Å². The van der Waals surface area contributed by atoms with E-state index in [1.54, 1.807) is 0 Å². The molecule has 0 unspecified atom stereocenters. The molecule has 202 valence electrons. The summed E-state index contributed by atoms with van der Waals surface area (Å²) in [6, 6.07) is 26.8. The van der Waals surface area contributed by atoms with Gasteiger partial charge in [-0.3, -0.25) is 4.79 Å². The van der Waals surface area contributed by atoms with Crippen LogP contribution in [0.15, 0.2) is 78.9 Å². The number of amides is 1. The summed E-state index contributed by atoms with van der Waals surface area (Å²) in [5.41, 5.74) is 3.80. The van der Waals surface area contributed by atoms with Crippen LogP contribution < -0.4 is 20.9 Å². The van der Waals surface area contributed by atoms with Crippen molar-refractivity contribution in [1.82, 2.24) is 20.6 Å². The number of carbonyl (C=O) groups excluding carboxylic acids is 1. The van der Waals surface area contributed by atoms with Crippen LogP contribution in [-0.4, -0.2) is 42.1 Å². The molecule has 3 N–H and O–H groups in total. The summed E-state index contributed by atoms with van der Waals surface area (Å²) in [7, 11) is 4.03. The fourth-order valence-electron chi connectivity index (χ4n) is 5.34. The van der Waals surface area contributed by atoms with Crippen LogP contribution in [0.2, 0.25) is 0 Å². The van der Waals surface area contributed by atoms with Crippen molar-refractivity contribution in [3.63, 3.8) is 0 Å². The molecule has 1 amide bonds. The number of aromatic nitrogens is 2. The Labute approximate surface area is 231 Å². The highest BCUT2D eigenvalue weighted by molar-refractivity contribution is 5.96. The number of fused-ring (bicyclic) bond motifs is 1. The van der Waals surface area contributed by atoms with Gasteiger partial charge in [0.15, 0.2) is 0 Å². The van der Waals surface area contributed by atoms with E-state index in [1.807, 2.05) is 98.7 Å². The molecule has 0 aliphatic heterocycles. The third-order valence-corrected chi connectivity index (χ3v) is 7.56. The number of rotatable bonds is 9. The maximum absolute atomic E-state index is 13.1. The van der Waals surface area contributed by atoms with E-state index < -0.39 is 0 Å². The number of hydrogen-bond acceptors (Lipinski definition) is 6. The van der Waals surface area contributed by atoms with Crippen molar-refractivity contribution in [2.45, 2.75) is 57.3 Å². The molecule has 0 spiro atoms. The molecule has 1 aliphatic rings. The second-order valence-electron chi connectivity index (χ2n) is 10.6. The second kappa shape index (κ2) is 12.3. The Morgan fingerprint density at radius 2 is 1.54 bits per heavy atom. The standard InChI is InChI=1S/C32H38N6O/c1-22(23-11-5-4-6-12-23)34-31(39)27-14-8-7-13-24(27)21-33-25-17-19-26(20-18-25)35-32-36-29-16-10-9-15-28(29)30(37-32)38(2)3/h4-16,22,25-26,33H,17-21H2,1-3H3,(H,34,39)(H,35,36,37)/t22-,25?,26?/m0/s1. The third kappa shape index (κ3) is 6.55. The molecule has 1 heterocycles. The first-order chi connectivity index (χ1) is 19.0. The summed E-state index contributed by atoms with van der Waals surface area (Å²) in [5, 5.41) is 11.5. The van der Waals surface area contributed by atoms with E-state index in [1.165, 1.54) is 0 Å². The lowest BCUT2D eigenvalue weighted by atomic mass is 9.91. The summed E-state index contributed by atoms with van der Waals surface area (Å²) in [6.45, 7) is 2.69. The van der Waals surface area contributed by atoms with Crippen LogP contribution in [0.5, 0.6) is 0 Å². The number of nitrogens with zero attached hydrogens (tertiary/aromatic N) is 3. The largest absolute Gasteiger partial charge is 0.362 e. The Hall–Kier alpha value is -3.97. The molecular formula is C32H38N6O. The van der Waals surface area contributed by atoms with Crippen LogP contribution in [0.3, 0.4) is 0 Å². The van der Waals surface area contributed by atoms with Crippen molar-refractivity contribution < 1.29 is 4.79 Å². The molecular weight excluding hydrogens is 484 g/mol. The zero-order chi connectivity index (χ0) is 27.2. The first-order valence-electron chi connectivity index (χ1n) is 13.9. The molecule has 1 atom stereocenters. The molecule has 0 radical (unpaired) electrons. The number of carbonyl (C=O) groups is 1. The van der Waals surface area contributed by atoms with E-state index in [9.17, 15) is 4.79 Å². The van der Waals surface area contributed by atoms with E-state index in [-0.39, 0.29) is 11.9 Å². The summed E-state index contributed by atoms with van der Waals surface area (Å²) >= 11 is 0. The molecule has 7 nitrogen and oxygen atoms in total. The van der Waals surface area contributed by atoms with E-state index >= 15 is 0 Å². The van der Waals surface area contributed by atoms with Gasteiger partial charge in [0.25, 0.3) is 5.91 Å². The van der Waals surface area contributed by atoms with Gasteiger partial charge in [0.2, 0.25) is 5.95 Å². The predicted octanol–water partition coefficient (Wildman–Crippen LogP) is 5.70. The number of benzene rings is 3. The lowest BCUT2D eigenvalue weighted by Gasteiger charge is -2.30. The molecule has 39 heavy (non-hydrogen) atoms. The SMILES string of the molecule is C[C@H](NC(=O)c1ccccc1CNC1CCC(Nc2nc(N(C)C)c3ccccc3n2)CC1)c1ccccc1. The van der Waals surface area contributed by atoms with Gasteiger partial charge in [-0.05, 0) is 61.9 Å². The van der Waals surface area contributed by atoms with Crippen molar-refractivity contribution in [3.05, 3.63) is 95.6 Å². The van der Waals surface area contributed by atoms with Gasteiger partial charge in [-0.2, -0.15) is 4.98 Å². The summed E-state index contributed by atoms with van der Waals surface area (Å²) in [5.74, 6) is 1.59. The van der Waals surface area contributed by atoms with Crippen molar-refractivity contribution in [1.29, 1.82) is 0 Å². The summed E-state index contributed by atoms with van der Waals surface area (Å²) in [4.78, 5) is 24.7. The predicted molar refractivity (Wildman–Crippen MR) is 159 cm³/mol. The van der Waals surface area contributed by atoms with Gasteiger partial charge in [0.05, 0.1) is 11.6 Å². The zero-order valence-electron chi connectivity index (χ0n) is 23.0. The highest BCUT2D eigenvalue weighted by Gasteiger charge is 2.23. The van der Waals surface area contributed by atoms with Crippen LogP contribution in [0.1, 0.15) is 60.1 Å². The van der Waals surface area contributed by atoms with Gasteiger partial charge in [-0.15, -0.1) is 0 Å². The molecule has 0 saturated heterocycles. The number of nitrogens with one attached hydrogen (secondary N) is 3. The van der Waals surface area contributed by atoms with Gasteiger partial charge in [-0.1, -0.05) is 60.7 Å². The fraction of sp³-hybridized carbons (Fsp3) is 0.344. The normalized spacial score (nSPS) is 17.9. The Bertz CT molecular complexity index is 1400. The first kappa shape index (κ1) is 26.6. The Balaban J connectivity index is 1.15. The van der Waals surface area contributed by atoms with Gasteiger partial charge >= 0.3 is 0 Å². The van der Waals surface area contributed by atoms with E-state index in [0.29, 0.717) is 24.6 Å². The molecule has 1 aromatic heterocycles. The van der Waals surface area contributed by atoms with E-state index in [2.05, 4.69) is 22.0 Å². The van der Waals surface area contributed by atoms with Gasteiger partial charge in [0, 0.05) is 43.7 Å². The average molecular weight is 523 g/mol. The average Bonchev–Trinajstić information content (AvgIpc) is 2.97. The van der Waals surface area contributed by atoms with Crippen LogP contribution in [0, 0.1) is 0 Å². The third-order valence-electron chi connectivity index (χ3n) is 7.56. The second-order valence-corrected chi connectivity index (χ2v) is 10.6. The molecule has 4 aromatic rings. The minimum atomic E-state index is -0.0529. The maximum atomic E-state index is 13.1. The molecule has 0 bridgehead atoms. The summed E-state index contributed by atoms with van der Waals surface area (Å²) < 4.78 is 0. The Kier molecular flexibility index (Phi) is 8.37. The molecule has 5 rings (SSSR count). The highest BCUT2D eigenvalue weighted by atomic mass is 16.1. The van der Waals surface area contributed by atoms with Crippen molar-refractivity contribution in [2.24, 2.45) is 0 Å². The van der Waals surface area contributed by atoms with Crippen LogP contribution >= 0.6 is 0 Å². The number of anilines is 2. The minimum Gasteiger partial charge on any atom is -0.362 e. The topological polar surface area (TPSA) is 82.2 Å². The number of hydrogen-bond donors (Lipinski definition) is 3. The van der Waals surface area contributed by atoms with Crippen LogP contribution in [0.4, 0.5) is 11.8 Å². The summed E-state index contributed by atoms with van der Waals surface area (Å²) in [6.07, 6.45) is 4.21. The highest BCUT2D eigenvalue weighted by Crippen LogP contribution is 2.26. The smallest absolute Gasteiger partial charge is 0.252 e. The number of para-hydroxylation sites is 1. The van der Waals surface area contributed by atoms with Crippen molar-refractivity contribution in [2.75, 3.05) is 24.3 Å². The van der Waals surface area contributed by atoms with Crippen LogP contribution in [0.25, 0.3) is 10.9 Å². The van der Waals surface area contributed by atoms with E-state index in [0.717, 1.165) is 59.1 Å². The Morgan fingerprint density at radius 3 is 2.31 bits per heavy atom. The molecule has 1 saturated carbocycles. The molecule has 7 heteroatoms. The van der Waals surface area contributed by atoms with Gasteiger partial charge in [-0.25, -0.2) is 4.98 Å². The molecule has 3 aromatic carbocycles. The maximum Gasteiger partial charge on any atom is 0.252 e. The quantitative estimate of drug-likeness (QED) is 0.262. The Morgan fingerprint density at radius 1 is 0.872 bits per heavy atom. The minimum absolute atomic E-state index is 0.0378. The molecule has 1 fully saturated rings. The lowest BCUT2D eigenvalue weighted by molar-refractivity contribution is 0.0938. The van der Waals surface area contributed by atoms with E-state index in [4.69, 9.17) is 9.97 Å². The first-order valence-corrected chi connectivity index (χ1v) is 13.9. The lowest BCUT2D eigenvalue weighted by Crippen LogP contribution is -2.37. The monoisotopic (exact) mass is 522 g/mol. The van der Waals surface area contributed by atoms with Crippen LogP contribution in [-0.2, 0) is 6.54 Å². The van der Waals surface area contributed by atoms with Crippen molar-refractivity contribution in [3.8, 4) is 0 Å².